The molecular formula is C14H19ClFN3O. The summed E-state index contributed by atoms with van der Waals surface area (Å²) >= 11 is 5.71. The lowest BCUT2D eigenvalue weighted by atomic mass is 9.96. The topological polar surface area (TPSA) is 58.4 Å². The molecular weight excluding hydrogens is 281 g/mol. The van der Waals surface area contributed by atoms with Crippen LogP contribution in [0.2, 0.25) is 5.02 Å². The highest BCUT2D eigenvalue weighted by atomic mass is 35.5. The predicted octanol–water partition coefficient (Wildman–Crippen LogP) is 2.41. The average Bonchev–Trinajstić information content (AvgIpc) is 2.41. The minimum atomic E-state index is -0.448. The average molecular weight is 300 g/mol. The largest absolute Gasteiger partial charge is 0.397 e. The normalized spacial score (nSPS) is 16.2. The van der Waals surface area contributed by atoms with Crippen LogP contribution in [0.15, 0.2) is 12.1 Å². The molecule has 0 spiro atoms. The van der Waals surface area contributed by atoms with Crippen LogP contribution in [0.5, 0.6) is 0 Å². The SMILES string of the molecule is CC(=O)NCC1CCN(c2cc(F)c(Cl)cc2N)CC1. The van der Waals surface area contributed by atoms with Crippen molar-refractivity contribution in [1.82, 2.24) is 5.32 Å². The molecule has 0 saturated carbocycles. The summed E-state index contributed by atoms with van der Waals surface area (Å²) in [6.45, 7) is 3.82. The number of halogens is 2. The van der Waals surface area contributed by atoms with Gasteiger partial charge in [-0.2, -0.15) is 0 Å². The highest BCUT2D eigenvalue weighted by Crippen LogP contribution is 2.31. The van der Waals surface area contributed by atoms with E-state index in [-0.39, 0.29) is 10.9 Å². The first kappa shape index (κ1) is 14.9. The number of anilines is 2. The summed E-state index contributed by atoms with van der Waals surface area (Å²) in [5.41, 5.74) is 7.10. The molecule has 20 heavy (non-hydrogen) atoms. The third kappa shape index (κ3) is 3.54. The van der Waals surface area contributed by atoms with Crippen LogP contribution in [0, 0.1) is 11.7 Å². The van der Waals surface area contributed by atoms with Crippen molar-refractivity contribution in [3.8, 4) is 0 Å². The molecule has 6 heteroatoms. The van der Waals surface area contributed by atoms with Gasteiger partial charge in [0.05, 0.1) is 16.4 Å². The molecule has 0 unspecified atom stereocenters. The molecule has 0 radical (unpaired) electrons. The van der Waals surface area contributed by atoms with Crippen LogP contribution in [-0.4, -0.2) is 25.5 Å². The lowest BCUT2D eigenvalue weighted by Gasteiger charge is -2.34. The molecule has 2 rings (SSSR count). The van der Waals surface area contributed by atoms with Gasteiger partial charge in [-0.1, -0.05) is 11.6 Å². The Morgan fingerprint density at radius 3 is 2.75 bits per heavy atom. The van der Waals surface area contributed by atoms with Crippen molar-refractivity contribution >= 4 is 28.9 Å². The fourth-order valence-corrected chi connectivity index (χ4v) is 2.66. The molecule has 1 fully saturated rings. The van der Waals surface area contributed by atoms with Gasteiger partial charge in [0.1, 0.15) is 5.82 Å². The molecule has 0 atom stereocenters. The van der Waals surface area contributed by atoms with Crippen LogP contribution in [0.25, 0.3) is 0 Å². The molecule has 1 amide bonds. The third-order valence-corrected chi connectivity index (χ3v) is 3.95. The number of carbonyl (C=O) groups excluding carboxylic acids is 1. The summed E-state index contributed by atoms with van der Waals surface area (Å²) in [4.78, 5) is 13.0. The van der Waals surface area contributed by atoms with Gasteiger partial charge in [0, 0.05) is 32.6 Å². The van der Waals surface area contributed by atoms with Gasteiger partial charge >= 0.3 is 0 Å². The van der Waals surface area contributed by atoms with E-state index in [0.29, 0.717) is 23.8 Å². The number of nitrogens with two attached hydrogens (primary N) is 1. The molecule has 1 saturated heterocycles. The van der Waals surface area contributed by atoms with E-state index in [2.05, 4.69) is 10.2 Å². The number of nitrogens with one attached hydrogen (secondary N) is 1. The Morgan fingerprint density at radius 1 is 1.50 bits per heavy atom. The van der Waals surface area contributed by atoms with Gasteiger partial charge in [-0.3, -0.25) is 4.79 Å². The number of amides is 1. The molecule has 1 aromatic carbocycles. The molecule has 110 valence electrons. The van der Waals surface area contributed by atoms with E-state index in [9.17, 15) is 9.18 Å². The van der Waals surface area contributed by atoms with Gasteiger partial charge in [-0.05, 0) is 24.8 Å². The first-order valence-corrected chi connectivity index (χ1v) is 7.09. The minimum absolute atomic E-state index is 0.00329. The number of hydrogen-bond acceptors (Lipinski definition) is 3. The quantitative estimate of drug-likeness (QED) is 0.843. The maximum atomic E-state index is 13.5. The molecule has 0 aliphatic carbocycles. The van der Waals surface area contributed by atoms with Gasteiger partial charge < -0.3 is 16.0 Å². The zero-order valence-electron chi connectivity index (χ0n) is 11.5. The van der Waals surface area contributed by atoms with Crippen molar-refractivity contribution in [1.29, 1.82) is 0 Å². The van der Waals surface area contributed by atoms with Gasteiger partial charge in [0.25, 0.3) is 0 Å². The Hall–Kier alpha value is -1.49. The van der Waals surface area contributed by atoms with Crippen LogP contribution < -0.4 is 16.0 Å². The van der Waals surface area contributed by atoms with Crippen LogP contribution in [-0.2, 0) is 4.79 Å². The Kier molecular flexibility index (Phi) is 4.70. The van der Waals surface area contributed by atoms with E-state index < -0.39 is 5.82 Å². The number of carbonyl (C=O) groups is 1. The second kappa shape index (κ2) is 6.31. The molecule has 1 aliphatic heterocycles. The standard InChI is InChI=1S/C14H19ClFN3O/c1-9(20)18-8-10-2-4-19(5-3-10)14-7-12(16)11(15)6-13(14)17/h6-7,10H,2-5,8,17H2,1H3,(H,18,20). The van der Waals surface area contributed by atoms with E-state index in [1.54, 1.807) is 0 Å². The number of piperidine rings is 1. The highest BCUT2D eigenvalue weighted by molar-refractivity contribution is 6.31. The fourth-order valence-electron chi connectivity index (χ4n) is 2.49. The van der Waals surface area contributed by atoms with Crippen LogP contribution in [0.4, 0.5) is 15.8 Å². The fraction of sp³-hybridized carbons (Fsp3) is 0.500. The van der Waals surface area contributed by atoms with Crippen molar-refractivity contribution in [2.45, 2.75) is 19.8 Å². The van der Waals surface area contributed by atoms with E-state index >= 15 is 0 Å². The molecule has 1 heterocycles. The molecule has 1 aromatic rings. The summed E-state index contributed by atoms with van der Waals surface area (Å²) in [7, 11) is 0. The van der Waals surface area contributed by atoms with Crippen molar-refractivity contribution in [3.63, 3.8) is 0 Å². The Bertz CT molecular complexity index is 501. The number of nitrogen functional groups attached to an aromatic ring is 1. The zero-order valence-corrected chi connectivity index (χ0v) is 12.2. The van der Waals surface area contributed by atoms with Crippen LogP contribution in [0.1, 0.15) is 19.8 Å². The molecule has 4 nitrogen and oxygen atoms in total. The smallest absolute Gasteiger partial charge is 0.216 e. The monoisotopic (exact) mass is 299 g/mol. The zero-order chi connectivity index (χ0) is 14.7. The van der Waals surface area contributed by atoms with E-state index in [4.69, 9.17) is 17.3 Å². The van der Waals surface area contributed by atoms with Gasteiger partial charge in [0.15, 0.2) is 0 Å². The van der Waals surface area contributed by atoms with Gasteiger partial charge in [0.2, 0.25) is 5.91 Å². The van der Waals surface area contributed by atoms with E-state index in [1.165, 1.54) is 19.1 Å². The van der Waals surface area contributed by atoms with Crippen molar-refractivity contribution in [2.75, 3.05) is 30.3 Å². The second-order valence-electron chi connectivity index (χ2n) is 5.19. The lowest BCUT2D eigenvalue weighted by molar-refractivity contribution is -0.119. The predicted molar refractivity (Wildman–Crippen MR) is 79.4 cm³/mol. The lowest BCUT2D eigenvalue weighted by Crippen LogP contribution is -2.38. The van der Waals surface area contributed by atoms with Crippen molar-refractivity contribution in [2.24, 2.45) is 5.92 Å². The molecule has 1 aliphatic rings. The maximum absolute atomic E-state index is 13.5. The van der Waals surface area contributed by atoms with E-state index in [0.717, 1.165) is 25.9 Å². The van der Waals surface area contributed by atoms with Crippen molar-refractivity contribution in [3.05, 3.63) is 23.0 Å². The molecule has 0 bridgehead atoms. The number of benzene rings is 1. The summed E-state index contributed by atoms with van der Waals surface area (Å²) in [6, 6.07) is 2.85. The van der Waals surface area contributed by atoms with Crippen LogP contribution in [0.3, 0.4) is 0 Å². The number of rotatable bonds is 3. The Balaban J connectivity index is 1.97. The Labute approximate surface area is 123 Å². The summed E-state index contributed by atoms with van der Waals surface area (Å²) < 4.78 is 13.5. The summed E-state index contributed by atoms with van der Waals surface area (Å²) in [5.74, 6) is 0.0150. The van der Waals surface area contributed by atoms with Crippen LogP contribution >= 0.6 is 11.6 Å². The van der Waals surface area contributed by atoms with Crippen molar-refractivity contribution < 1.29 is 9.18 Å². The number of hydrogen-bond donors (Lipinski definition) is 2. The summed E-state index contributed by atoms with van der Waals surface area (Å²) in [5, 5.41) is 2.89. The number of nitrogens with zero attached hydrogens (tertiary/aromatic N) is 1. The summed E-state index contributed by atoms with van der Waals surface area (Å²) in [6.07, 6.45) is 1.90. The first-order chi connectivity index (χ1) is 9.47. The van der Waals surface area contributed by atoms with Gasteiger partial charge in [-0.25, -0.2) is 4.39 Å². The maximum Gasteiger partial charge on any atom is 0.216 e. The molecule has 3 N–H and O–H groups in total. The molecule has 0 aromatic heterocycles. The second-order valence-corrected chi connectivity index (χ2v) is 5.60. The van der Waals surface area contributed by atoms with Gasteiger partial charge in [-0.15, -0.1) is 0 Å². The van der Waals surface area contributed by atoms with E-state index in [1.807, 2.05) is 0 Å². The third-order valence-electron chi connectivity index (χ3n) is 3.66. The minimum Gasteiger partial charge on any atom is -0.397 e. The Morgan fingerprint density at radius 2 is 2.15 bits per heavy atom. The highest BCUT2D eigenvalue weighted by Gasteiger charge is 2.21. The first-order valence-electron chi connectivity index (χ1n) is 6.71.